The fraction of sp³-hybridized carbons (Fsp3) is 0.667. The molecule has 0 aliphatic rings. The minimum absolute atomic E-state index is 0.108. The Hall–Kier alpha value is -3.93. The van der Waals surface area contributed by atoms with Crippen LogP contribution in [0.15, 0.2) is 109 Å². The lowest BCUT2D eigenvalue weighted by Crippen LogP contribution is -2.30. The number of carbonyl (C=O) groups is 3. The summed E-state index contributed by atoms with van der Waals surface area (Å²) in [6, 6.07) is 0. The Balaban J connectivity index is 4.48. The van der Waals surface area contributed by atoms with Gasteiger partial charge in [-0.1, -0.05) is 265 Å². The third kappa shape index (κ3) is 54.9. The van der Waals surface area contributed by atoms with Crippen LogP contribution >= 0.6 is 0 Å². The van der Waals surface area contributed by atoms with Gasteiger partial charge in [0.2, 0.25) is 0 Å². The fourth-order valence-electron chi connectivity index (χ4n) is 7.67. The van der Waals surface area contributed by atoms with Crippen molar-refractivity contribution in [2.24, 2.45) is 0 Å². The van der Waals surface area contributed by atoms with Crippen molar-refractivity contribution >= 4 is 17.9 Å². The van der Waals surface area contributed by atoms with E-state index in [0.717, 1.165) is 103 Å². The van der Waals surface area contributed by atoms with E-state index < -0.39 is 6.10 Å². The molecule has 0 saturated carbocycles. The first kappa shape index (κ1) is 65.1. The van der Waals surface area contributed by atoms with Crippen LogP contribution in [-0.4, -0.2) is 37.2 Å². The molecule has 0 aromatic carbocycles. The van der Waals surface area contributed by atoms with Crippen molar-refractivity contribution in [2.75, 3.05) is 13.2 Å². The Morgan fingerprint density at radius 3 is 1.09 bits per heavy atom. The molecule has 0 radical (unpaired) electrons. The first-order chi connectivity index (χ1) is 34.0. The van der Waals surface area contributed by atoms with Gasteiger partial charge in [0.25, 0.3) is 0 Å². The Labute approximate surface area is 425 Å². The maximum atomic E-state index is 12.8. The van der Waals surface area contributed by atoms with Crippen molar-refractivity contribution in [3.8, 4) is 0 Å². The van der Waals surface area contributed by atoms with E-state index in [1.54, 1.807) is 0 Å². The maximum absolute atomic E-state index is 12.8. The van der Waals surface area contributed by atoms with Gasteiger partial charge < -0.3 is 14.2 Å². The van der Waals surface area contributed by atoms with E-state index in [-0.39, 0.29) is 37.5 Å². The zero-order valence-corrected chi connectivity index (χ0v) is 44.8. The second kappa shape index (κ2) is 56.7. The molecule has 0 aliphatic heterocycles. The summed E-state index contributed by atoms with van der Waals surface area (Å²) in [5.74, 6) is -0.989. The first-order valence-electron chi connectivity index (χ1n) is 28.4. The largest absolute Gasteiger partial charge is 0.462 e. The number of hydrogen-bond acceptors (Lipinski definition) is 6. The van der Waals surface area contributed by atoms with Gasteiger partial charge in [-0.15, -0.1) is 0 Å². The van der Waals surface area contributed by atoms with Crippen LogP contribution in [-0.2, 0) is 28.6 Å². The average Bonchev–Trinajstić information content (AvgIpc) is 3.35. The monoisotopic (exact) mass is 957 g/mol. The molecule has 6 nitrogen and oxygen atoms in total. The lowest BCUT2D eigenvalue weighted by molar-refractivity contribution is -0.167. The summed E-state index contributed by atoms with van der Waals surface area (Å²) >= 11 is 0. The fourth-order valence-corrected chi connectivity index (χ4v) is 7.67. The van der Waals surface area contributed by atoms with Gasteiger partial charge in [0.05, 0.1) is 0 Å². The molecular formula is C63H104O6. The summed E-state index contributed by atoms with van der Waals surface area (Å²) in [4.78, 5) is 38.1. The molecule has 0 spiro atoms. The lowest BCUT2D eigenvalue weighted by Gasteiger charge is -2.18. The number of ether oxygens (including phenoxy) is 3. The first-order valence-corrected chi connectivity index (χ1v) is 28.4. The number of carbonyl (C=O) groups excluding carboxylic acids is 3. The van der Waals surface area contributed by atoms with Crippen LogP contribution < -0.4 is 0 Å². The van der Waals surface area contributed by atoms with Crippen molar-refractivity contribution in [3.63, 3.8) is 0 Å². The molecule has 1 atom stereocenters. The Kier molecular flexibility index (Phi) is 53.4. The highest BCUT2D eigenvalue weighted by atomic mass is 16.6. The van der Waals surface area contributed by atoms with Crippen LogP contribution in [0.5, 0.6) is 0 Å². The molecule has 0 aromatic heterocycles. The van der Waals surface area contributed by atoms with Crippen LogP contribution in [0.1, 0.15) is 252 Å². The van der Waals surface area contributed by atoms with Gasteiger partial charge in [0, 0.05) is 19.3 Å². The molecule has 69 heavy (non-hydrogen) atoms. The SMILES string of the molecule is CC\C=C/C=C\C=C/C=C\CCCCCCCC(=O)OCC(COC(=O)CCCCCCCCCCCCCCCCCCCCC)OC(=O)CCC/C=C\C/C=C\C/C=C\C/C=C\C/C=C\CC. The van der Waals surface area contributed by atoms with Crippen LogP contribution in [0.25, 0.3) is 0 Å². The molecule has 0 bridgehead atoms. The second-order valence-electron chi connectivity index (χ2n) is 18.5. The Morgan fingerprint density at radius 2 is 0.652 bits per heavy atom. The smallest absolute Gasteiger partial charge is 0.306 e. The van der Waals surface area contributed by atoms with E-state index in [4.69, 9.17) is 14.2 Å². The van der Waals surface area contributed by atoms with E-state index in [0.29, 0.717) is 19.3 Å². The van der Waals surface area contributed by atoms with Gasteiger partial charge in [-0.25, -0.2) is 0 Å². The van der Waals surface area contributed by atoms with Gasteiger partial charge in [0.1, 0.15) is 13.2 Å². The molecule has 1 unspecified atom stereocenters. The molecule has 0 amide bonds. The van der Waals surface area contributed by atoms with Crippen LogP contribution in [0.3, 0.4) is 0 Å². The zero-order chi connectivity index (χ0) is 50.0. The summed E-state index contributed by atoms with van der Waals surface area (Å²) in [7, 11) is 0. The van der Waals surface area contributed by atoms with Crippen molar-refractivity contribution in [1.29, 1.82) is 0 Å². The van der Waals surface area contributed by atoms with Gasteiger partial charge in [-0.3, -0.25) is 14.4 Å². The van der Waals surface area contributed by atoms with E-state index >= 15 is 0 Å². The molecule has 6 heteroatoms. The molecule has 0 fully saturated rings. The molecule has 0 aliphatic carbocycles. The van der Waals surface area contributed by atoms with Gasteiger partial charge in [-0.05, 0) is 77.0 Å². The molecule has 0 rings (SSSR count). The van der Waals surface area contributed by atoms with Crippen molar-refractivity contribution in [3.05, 3.63) is 109 Å². The van der Waals surface area contributed by atoms with Crippen molar-refractivity contribution < 1.29 is 28.6 Å². The van der Waals surface area contributed by atoms with Gasteiger partial charge in [-0.2, -0.15) is 0 Å². The minimum atomic E-state index is -0.818. The van der Waals surface area contributed by atoms with Gasteiger partial charge >= 0.3 is 17.9 Å². The van der Waals surface area contributed by atoms with E-state index in [1.807, 2.05) is 18.2 Å². The normalized spacial score (nSPS) is 12.9. The molecule has 0 aromatic rings. The Morgan fingerprint density at radius 1 is 0.319 bits per heavy atom. The highest BCUT2D eigenvalue weighted by Crippen LogP contribution is 2.16. The highest BCUT2D eigenvalue weighted by Gasteiger charge is 2.19. The topological polar surface area (TPSA) is 78.9 Å². The van der Waals surface area contributed by atoms with Crippen LogP contribution in [0, 0.1) is 0 Å². The number of esters is 3. The third-order valence-electron chi connectivity index (χ3n) is 11.9. The average molecular weight is 958 g/mol. The number of allylic oxidation sites excluding steroid dienone is 18. The van der Waals surface area contributed by atoms with E-state index in [2.05, 4.69) is 112 Å². The van der Waals surface area contributed by atoms with Crippen molar-refractivity contribution in [2.45, 2.75) is 258 Å². The van der Waals surface area contributed by atoms with Gasteiger partial charge in [0.15, 0.2) is 6.10 Å². The van der Waals surface area contributed by atoms with E-state index in [1.165, 1.54) is 103 Å². The standard InChI is InChI=1S/C63H104O6/c1-4-7-10-13-16-19-22-25-28-30-31-33-35-38-41-44-47-50-53-56-62(65)68-59-60(58-67-61(64)55-52-49-46-43-40-37-34-27-24-21-18-15-12-9-6-3)69-63(66)57-54-51-48-45-42-39-36-32-29-26-23-20-17-14-11-8-5-2/h8-9,11-12,15,17-18,20-21,24,26-27,29,34,36,39,45,48,60H,4-7,10,13-14,16,19,22-23,25,28,30-33,35,37-38,40-44,46-47,49-59H2,1-3H3/b11-8-,12-9-,18-15-,20-17-,24-21-,29-26-,34-27-,39-36-,48-45-. The predicted octanol–water partition coefficient (Wildman–Crippen LogP) is 19.1. The summed E-state index contributed by atoms with van der Waals surface area (Å²) in [5, 5.41) is 0. The summed E-state index contributed by atoms with van der Waals surface area (Å²) in [6.07, 6.45) is 76.6. The lowest BCUT2D eigenvalue weighted by atomic mass is 10.0. The van der Waals surface area contributed by atoms with Crippen LogP contribution in [0.2, 0.25) is 0 Å². The quantitative estimate of drug-likeness (QED) is 0.0199. The molecule has 0 N–H and O–H groups in total. The molecular weight excluding hydrogens is 853 g/mol. The number of rotatable bonds is 50. The van der Waals surface area contributed by atoms with E-state index in [9.17, 15) is 14.4 Å². The van der Waals surface area contributed by atoms with Crippen molar-refractivity contribution in [1.82, 2.24) is 0 Å². The Bertz CT molecular complexity index is 1420. The summed E-state index contributed by atoms with van der Waals surface area (Å²) < 4.78 is 16.8. The molecule has 0 saturated heterocycles. The number of hydrogen-bond donors (Lipinski definition) is 0. The summed E-state index contributed by atoms with van der Waals surface area (Å²) in [6.45, 7) is 6.33. The number of unbranched alkanes of at least 4 members (excludes halogenated alkanes) is 24. The summed E-state index contributed by atoms with van der Waals surface area (Å²) in [5.41, 5.74) is 0. The second-order valence-corrected chi connectivity index (χ2v) is 18.5. The third-order valence-corrected chi connectivity index (χ3v) is 11.9. The molecule has 0 heterocycles. The molecule has 392 valence electrons. The minimum Gasteiger partial charge on any atom is -0.462 e. The highest BCUT2D eigenvalue weighted by molar-refractivity contribution is 5.71. The zero-order valence-electron chi connectivity index (χ0n) is 44.8. The maximum Gasteiger partial charge on any atom is 0.306 e. The predicted molar refractivity (Wildman–Crippen MR) is 297 cm³/mol. The van der Waals surface area contributed by atoms with Crippen LogP contribution in [0.4, 0.5) is 0 Å².